The van der Waals surface area contributed by atoms with Crippen molar-refractivity contribution < 1.29 is 33.9 Å². The van der Waals surface area contributed by atoms with Crippen LogP contribution in [-0.2, 0) is 20.8 Å². The van der Waals surface area contributed by atoms with Crippen molar-refractivity contribution in [3.05, 3.63) is 94.0 Å². The normalized spacial score (nSPS) is 23.9. The number of carbonyl (C=O) groups excluding carboxylic acids is 2. The molecule has 4 atom stereocenters. The van der Waals surface area contributed by atoms with Gasteiger partial charge in [-0.1, -0.05) is 42.5 Å². The summed E-state index contributed by atoms with van der Waals surface area (Å²) in [5.74, 6) is -4.57. The first-order valence-electron chi connectivity index (χ1n) is 12.1. The number of hydrogen-bond acceptors (Lipinski definition) is 8. The first-order chi connectivity index (χ1) is 18.7. The average Bonchev–Trinajstić information content (AvgIpc) is 3.42. The van der Waals surface area contributed by atoms with E-state index in [9.17, 15) is 29.6 Å². The molecule has 0 unspecified atom stereocenters. The Hall–Kier alpha value is -4.77. The summed E-state index contributed by atoms with van der Waals surface area (Å²) in [6, 6.07) is 18.5. The van der Waals surface area contributed by atoms with Crippen LogP contribution < -0.4 is 19.7 Å². The molecule has 2 fully saturated rings. The van der Waals surface area contributed by atoms with Crippen LogP contribution in [0.3, 0.4) is 0 Å². The summed E-state index contributed by atoms with van der Waals surface area (Å²) >= 11 is 0. The highest BCUT2D eigenvalue weighted by molar-refractivity contribution is 6.25. The standard InChI is InChI=1S/C28H25N3O8/c1-38-18-10-8-17(9-11-18)24-22-23(28(29-24,27(34)35)15-16-6-4-3-5-7-16)26(33)30(25(22)32)20-13-12-19(39-2)14-21(20)31(36)37/h3-14,22-24,29H,15H2,1-2H3,(H,34,35)/t22-,23-,24+,28+/m1/s1. The molecule has 2 aliphatic heterocycles. The van der Waals surface area contributed by atoms with Crippen LogP contribution in [0.4, 0.5) is 11.4 Å². The van der Waals surface area contributed by atoms with Crippen LogP contribution in [0.15, 0.2) is 72.8 Å². The zero-order chi connectivity index (χ0) is 27.9. The number of nitro groups is 1. The molecular formula is C28H25N3O8. The second-order valence-electron chi connectivity index (χ2n) is 9.46. The fourth-order valence-corrected chi connectivity index (χ4v) is 5.66. The molecule has 0 radical (unpaired) electrons. The number of ether oxygens (including phenoxy) is 2. The third kappa shape index (κ3) is 4.16. The quantitative estimate of drug-likeness (QED) is 0.254. The zero-order valence-corrected chi connectivity index (χ0v) is 21.1. The number of carboxylic acids is 1. The third-order valence-corrected chi connectivity index (χ3v) is 7.46. The van der Waals surface area contributed by atoms with Gasteiger partial charge in [-0.2, -0.15) is 0 Å². The lowest BCUT2D eigenvalue weighted by Gasteiger charge is -2.31. The second kappa shape index (κ2) is 9.84. The fourth-order valence-electron chi connectivity index (χ4n) is 5.66. The molecular weight excluding hydrogens is 506 g/mol. The topological polar surface area (TPSA) is 148 Å². The van der Waals surface area contributed by atoms with Crippen molar-refractivity contribution in [1.29, 1.82) is 0 Å². The smallest absolute Gasteiger partial charge is 0.325 e. The largest absolute Gasteiger partial charge is 0.497 e. The molecule has 2 saturated heterocycles. The molecule has 0 aromatic heterocycles. The highest BCUT2D eigenvalue weighted by atomic mass is 16.6. The van der Waals surface area contributed by atoms with Crippen molar-refractivity contribution in [2.45, 2.75) is 18.0 Å². The van der Waals surface area contributed by atoms with Gasteiger partial charge in [0.15, 0.2) is 0 Å². The van der Waals surface area contributed by atoms with Gasteiger partial charge >= 0.3 is 5.97 Å². The van der Waals surface area contributed by atoms with E-state index in [-0.39, 0.29) is 17.9 Å². The molecule has 39 heavy (non-hydrogen) atoms. The van der Waals surface area contributed by atoms with Crippen molar-refractivity contribution in [1.82, 2.24) is 5.32 Å². The number of carboxylic acid groups (broad SMARTS) is 1. The molecule has 200 valence electrons. The monoisotopic (exact) mass is 531 g/mol. The van der Waals surface area contributed by atoms with E-state index >= 15 is 0 Å². The molecule has 11 heteroatoms. The van der Waals surface area contributed by atoms with Gasteiger partial charge in [-0.25, -0.2) is 4.90 Å². The molecule has 0 bridgehead atoms. The predicted octanol–water partition coefficient (Wildman–Crippen LogP) is 3.13. The van der Waals surface area contributed by atoms with Crippen LogP contribution in [0.1, 0.15) is 17.2 Å². The number of anilines is 1. The molecule has 0 spiro atoms. The summed E-state index contributed by atoms with van der Waals surface area (Å²) in [5.41, 5.74) is -1.38. The SMILES string of the molecule is COc1ccc([C@@H]2N[C@](Cc3ccccc3)(C(=O)O)[C@H]3C(=O)N(c4ccc(OC)cc4[N+](=O)[O-])C(=O)[C@@H]23)cc1. The van der Waals surface area contributed by atoms with Crippen LogP contribution in [-0.4, -0.2) is 47.6 Å². The average molecular weight is 532 g/mol. The number of imide groups is 1. The van der Waals surface area contributed by atoms with E-state index in [0.717, 1.165) is 11.0 Å². The highest BCUT2D eigenvalue weighted by Gasteiger charge is 2.69. The Labute approximate surface area is 223 Å². The molecule has 0 saturated carbocycles. The van der Waals surface area contributed by atoms with Crippen molar-refractivity contribution in [2.24, 2.45) is 11.8 Å². The molecule has 3 aromatic carbocycles. The van der Waals surface area contributed by atoms with Gasteiger partial charge < -0.3 is 14.6 Å². The van der Waals surface area contributed by atoms with Crippen molar-refractivity contribution in [2.75, 3.05) is 19.1 Å². The summed E-state index contributed by atoms with van der Waals surface area (Å²) in [6.45, 7) is 0. The van der Waals surface area contributed by atoms with E-state index in [0.29, 0.717) is 16.9 Å². The number of methoxy groups -OCH3 is 2. The molecule has 0 aliphatic carbocycles. The molecule has 2 heterocycles. The lowest BCUT2D eigenvalue weighted by atomic mass is 9.76. The van der Waals surface area contributed by atoms with Gasteiger partial charge in [0.1, 0.15) is 22.7 Å². The lowest BCUT2D eigenvalue weighted by Crippen LogP contribution is -2.57. The number of nitro benzene ring substituents is 1. The Morgan fingerprint density at radius 1 is 1.00 bits per heavy atom. The Bertz CT molecular complexity index is 1460. The first-order valence-corrected chi connectivity index (χ1v) is 12.1. The maximum absolute atomic E-state index is 14.0. The van der Waals surface area contributed by atoms with Gasteiger partial charge in [-0.15, -0.1) is 0 Å². The number of amides is 2. The lowest BCUT2D eigenvalue weighted by molar-refractivity contribution is -0.384. The number of nitrogens with zero attached hydrogens (tertiary/aromatic N) is 2. The van der Waals surface area contributed by atoms with E-state index in [1.807, 2.05) is 0 Å². The number of hydrogen-bond donors (Lipinski definition) is 2. The predicted molar refractivity (Wildman–Crippen MR) is 139 cm³/mol. The Kier molecular flexibility index (Phi) is 6.52. The van der Waals surface area contributed by atoms with Crippen LogP contribution in [0.2, 0.25) is 0 Å². The zero-order valence-electron chi connectivity index (χ0n) is 21.1. The van der Waals surface area contributed by atoms with Crippen LogP contribution in [0.5, 0.6) is 11.5 Å². The van der Waals surface area contributed by atoms with Crippen LogP contribution >= 0.6 is 0 Å². The number of nitrogens with one attached hydrogen (secondary N) is 1. The summed E-state index contributed by atoms with van der Waals surface area (Å²) in [5, 5.41) is 25.6. The number of benzene rings is 3. The molecule has 2 amide bonds. The first kappa shape index (κ1) is 25.9. The van der Waals surface area contributed by atoms with Gasteiger partial charge in [0.2, 0.25) is 11.8 Å². The Balaban J connectivity index is 1.67. The van der Waals surface area contributed by atoms with Gasteiger partial charge in [-0.05, 0) is 35.4 Å². The number of fused-ring (bicyclic) bond motifs is 1. The summed E-state index contributed by atoms with van der Waals surface area (Å²) < 4.78 is 10.3. The summed E-state index contributed by atoms with van der Waals surface area (Å²) in [6.07, 6.45) is -0.0887. The van der Waals surface area contributed by atoms with Gasteiger partial charge in [0.05, 0.1) is 37.0 Å². The Morgan fingerprint density at radius 2 is 1.64 bits per heavy atom. The molecule has 2 N–H and O–H groups in total. The molecule has 5 rings (SSSR count). The maximum atomic E-state index is 14.0. The van der Waals surface area contributed by atoms with Crippen molar-refractivity contribution in [3.63, 3.8) is 0 Å². The molecule has 11 nitrogen and oxygen atoms in total. The number of rotatable bonds is 8. The van der Waals surface area contributed by atoms with Gasteiger partial charge in [-0.3, -0.25) is 29.8 Å². The highest BCUT2D eigenvalue weighted by Crippen LogP contribution is 2.52. The molecule has 3 aromatic rings. The van der Waals surface area contributed by atoms with Crippen molar-refractivity contribution in [3.8, 4) is 11.5 Å². The van der Waals surface area contributed by atoms with E-state index < -0.39 is 51.8 Å². The summed E-state index contributed by atoms with van der Waals surface area (Å²) in [7, 11) is 2.85. The van der Waals surface area contributed by atoms with Crippen LogP contribution in [0, 0.1) is 22.0 Å². The minimum atomic E-state index is -1.86. The Morgan fingerprint density at radius 3 is 2.23 bits per heavy atom. The summed E-state index contributed by atoms with van der Waals surface area (Å²) in [4.78, 5) is 53.0. The van der Waals surface area contributed by atoms with E-state index in [1.54, 1.807) is 54.6 Å². The third-order valence-electron chi connectivity index (χ3n) is 7.46. The van der Waals surface area contributed by atoms with Gasteiger partial charge in [0, 0.05) is 12.5 Å². The fraction of sp³-hybridized carbons (Fsp3) is 0.250. The minimum absolute atomic E-state index is 0.0887. The van der Waals surface area contributed by atoms with E-state index in [2.05, 4.69) is 5.32 Å². The van der Waals surface area contributed by atoms with E-state index in [1.165, 1.54) is 26.4 Å². The second-order valence-corrected chi connectivity index (χ2v) is 9.46. The number of carbonyl (C=O) groups is 3. The van der Waals surface area contributed by atoms with Crippen LogP contribution in [0.25, 0.3) is 0 Å². The molecule has 2 aliphatic rings. The van der Waals surface area contributed by atoms with Crippen molar-refractivity contribution >= 4 is 29.2 Å². The minimum Gasteiger partial charge on any atom is -0.497 e. The van der Waals surface area contributed by atoms with E-state index in [4.69, 9.17) is 9.47 Å². The number of aliphatic carboxylic acids is 1. The van der Waals surface area contributed by atoms with Gasteiger partial charge in [0.25, 0.3) is 5.69 Å². The maximum Gasteiger partial charge on any atom is 0.325 e.